The molecule has 0 aromatic rings. The molecular weight excluding hydrogens is 174 g/mol. The molecule has 1 heterocycles. The van der Waals surface area contributed by atoms with Crippen LogP contribution in [0.3, 0.4) is 0 Å². The molecule has 1 aliphatic carbocycles. The third-order valence-corrected chi connectivity index (χ3v) is 3.49. The minimum absolute atomic E-state index is 0.329. The van der Waals surface area contributed by atoms with E-state index in [4.69, 9.17) is 5.11 Å². The second-order valence-corrected chi connectivity index (χ2v) is 4.53. The highest BCUT2D eigenvalue weighted by Gasteiger charge is 2.49. The Morgan fingerprint density at radius 1 is 1.36 bits per heavy atom. The van der Waals surface area contributed by atoms with Crippen LogP contribution in [-0.2, 0) is 0 Å². The van der Waals surface area contributed by atoms with Crippen molar-refractivity contribution in [3.8, 4) is 0 Å². The average molecular weight is 199 g/mol. The average Bonchev–Trinajstić information content (AvgIpc) is 2.95. The summed E-state index contributed by atoms with van der Waals surface area (Å²) >= 11 is 0. The number of rotatable bonds is 2. The van der Waals surface area contributed by atoms with Crippen LogP contribution in [0.2, 0.25) is 0 Å². The van der Waals surface area contributed by atoms with Gasteiger partial charge in [0.05, 0.1) is 6.61 Å². The highest BCUT2D eigenvalue weighted by Crippen LogP contribution is 2.49. The van der Waals surface area contributed by atoms with E-state index in [2.05, 4.69) is 11.8 Å². The monoisotopic (exact) mass is 199 g/mol. The first-order valence-electron chi connectivity index (χ1n) is 6.13. The second kappa shape index (κ2) is 5.13. The van der Waals surface area contributed by atoms with E-state index in [1.807, 2.05) is 13.8 Å². The van der Waals surface area contributed by atoms with Crippen molar-refractivity contribution in [1.82, 2.24) is 4.90 Å². The molecule has 1 spiro atoms. The van der Waals surface area contributed by atoms with E-state index in [0.717, 1.165) is 12.5 Å². The fourth-order valence-corrected chi connectivity index (χ4v) is 2.63. The first-order valence-corrected chi connectivity index (χ1v) is 6.13. The van der Waals surface area contributed by atoms with Gasteiger partial charge in [-0.15, -0.1) is 0 Å². The Hall–Kier alpha value is -0.0800. The lowest BCUT2D eigenvalue weighted by Crippen LogP contribution is -2.45. The van der Waals surface area contributed by atoms with Crippen molar-refractivity contribution in [3.05, 3.63) is 0 Å². The number of hydrogen-bond acceptors (Lipinski definition) is 2. The topological polar surface area (TPSA) is 23.5 Å². The maximum atomic E-state index is 8.90. The van der Waals surface area contributed by atoms with Crippen molar-refractivity contribution in [1.29, 1.82) is 0 Å². The van der Waals surface area contributed by atoms with Gasteiger partial charge in [-0.3, -0.25) is 4.90 Å². The summed E-state index contributed by atoms with van der Waals surface area (Å²) in [6, 6.07) is 0. The molecule has 1 unspecified atom stereocenters. The molecule has 1 N–H and O–H groups in total. The number of aliphatic hydroxyl groups excluding tert-OH is 1. The van der Waals surface area contributed by atoms with Crippen LogP contribution in [0.15, 0.2) is 0 Å². The Bertz CT molecular complexity index is 166. The Morgan fingerprint density at radius 3 is 2.50 bits per heavy atom. The van der Waals surface area contributed by atoms with Crippen molar-refractivity contribution in [3.63, 3.8) is 0 Å². The Kier molecular flexibility index (Phi) is 4.39. The maximum Gasteiger partial charge on any atom is 0.0558 e. The number of likely N-dealkylation sites (tertiary alicyclic amines) is 1. The molecular formula is C12H25NO. The van der Waals surface area contributed by atoms with Crippen LogP contribution >= 0.6 is 0 Å². The first-order chi connectivity index (χ1) is 6.77. The molecule has 1 saturated heterocycles. The summed E-state index contributed by atoms with van der Waals surface area (Å²) in [5, 5.41) is 8.90. The zero-order valence-electron chi connectivity index (χ0n) is 9.92. The summed E-state index contributed by atoms with van der Waals surface area (Å²) in [7, 11) is 0. The number of aliphatic hydroxyl groups is 1. The van der Waals surface area contributed by atoms with Gasteiger partial charge in [-0.05, 0) is 38.1 Å². The first kappa shape index (κ1) is 12.0. The van der Waals surface area contributed by atoms with Crippen LogP contribution < -0.4 is 0 Å². The highest BCUT2D eigenvalue weighted by atomic mass is 16.3. The van der Waals surface area contributed by atoms with E-state index in [1.165, 1.54) is 32.2 Å². The largest absolute Gasteiger partial charge is 0.395 e. The second-order valence-electron chi connectivity index (χ2n) is 4.53. The van der Waals surface area contributed by atoms with Crippen LogP contribution in [0.25, 0.3) is 0 Å². The molecule has 14 heavy (non-hydrogen) atoms. The van der Waals surface area contributed by atoms with Gasteiger partial charge in [-0.2, -0.15) is 0 Å². The molecule has 2 rings (SSSR count). The van der Waals surface area contributed by atoms with Crippen LogP contribution in [-0.4, -0.2) is 35.2 Å². The SMILES string of the molecule is CC.CC1CCN(CCO)C2(CC2)C1. The van der Waals surface area contributed by atoms with Gasteiger partial charge in [-0.1, -0.05) is 20.8 Å². The molecule has 0 radical (unpaired) electrons. The third-order valence-electron chi connectivity index (χ3n) is 3.49. The Morgan fingerprint density at radius 2 is 2.00 bits per heavy atom. The summed E-state index contributed by atoms with van der Waals surface area (Å²) in [4.78, 5) is 2.51. The smallest absolute Gasteiger partial charge is 0.0558 e. The van der Waals surface area contributed by atoms with Gasteiger partial charge in [0.25, 0.3) is 0 Å². The van der Waals surface area contributed by atoms with E-state index < -0.39 is 0 Å². The molecule has 2 nitrogen and oxygen atoms in total. The molecule has 0 aromatic heterocycles. The normalized spacial score (nSPS) is 29.6. The van der Waals surface area contributed by atoms with Crippen LogP contribution in [0.5, 0.6) is 0 Å². The molecule has 1 atom stereocenters. The van der Waals surface area contributed by atoms with Crippen LogP contribution in [0.1, 0.15) is 46.5 Å². The van der Waals surface area contributed by atoms with Crippen molar-refractivity contribution >= 4 is 0 Å². The quantitative estimate of drug-likeness (QED) is 0.737. The molecule has 1 saturated carbocycles. The van der Waals surface area contributed by atoms with Crippen molar-refractivity contribution in [2.24, 2.45) is 5.92 Å². The minimum atomic E-state index is 0.329. The number of piperidine rings is 1. The predicted octanol–water partition coefficient (Wildman–Crippen LogP) is 2.27. The lowest BCUT2D eigenvalue weighted by molar-refractivity contribution is 0.0786. The molecule has 2 aliphatic rings. The Labute approximate surface area is 88.3 Å². The zero-order chi connectivity index (χ0) is 10.6. The molecule has 2 fully saturated rings. The van der Waals surface area contributed by atoms with Gasteiger partial charge in [-0.25, -0.2) is 0 Å². The fraction of sp³-hybridized carbons (Fsp3) is 1.00. The molecule has 0 amide bonds. The van der Waals surface area contributed by atoms with Gasteiger partial charge >= 0.3 is 0 Å². The van der Waals surface area contributed by atoms with Gasteiger partial charge in [0.1, 0.15) is 0 Å². The van der Waals surface area contributed by atoms with Crippen LogP contribution in [0, 0.1) is 5.92 Å². The van der Waals surface area contributed by atoms with Crippen LogP contribution in [0.4, 0.5) is 0 Å². The van der Waals surface area contributed by atoms with E-state index >= 15 is 0 Å². The van der Waals surface area contributed by atoms with Crippen molar-refractivity contribution in [2.45, 2.75) is 52.0 Å². The minimum Gasteiger partial charge on any atom is -0.395 e. The predicted molar refractivity (Wildman–Crippen MR) is 60.4 cm³/mol. The lowest BCUT2D eigenvalue weighted by atomic mass is 9.90. The van der Waals surface area contributed by atoms with Gasteiger partial charge in [0, 0.05) is 12.1 Å². The van der Waals surface area contributed by atoms with Gasteiger partial charge in [0.15, 0.2) is 0 Å². The van der Waals surface area contributed by atoms with Gasteiger partial charge in [0.2, 0.25) is 0 Å². The molecule has 0 aromatic carbocycles. The van der Waals surface area contributed by atoms with Gasteiger partial charge < -0.3 is 5.11 Å². The van der Waals surface area contributed by atoms with Crippen molar-refractivity contribution < 1.29 is 5.11 Å². The zero-order valence-corrected chi connectivity index (χ0v) is 9.92. The standard InChI is InChI=1S/C10H19NO.C2H6/c1-9-2-5-11(6-7-12)10(8-9)3-4-10;1-2/h9,12H,2-8H2,1H3;1-2H3. The third kappa shape index (κ3) is 2.48. The summed E-state index contributed by atoms with van der Waals surface area (Å²) < 4.78 is 0. The highest BCUT2D eigenvalue weighted by molar-refractivity contribution is 5.06. The number of hydrogen-bond donors (Lipinski definition) is 1. The maximum absolute atomic E-state index is 8.90. The Balaban J connectivity index is 0.000000461. The van der Waals surface area contributed by atoms with E-state index in [-0.39, 0.29) is 0 Å². The van der Waals surface area contributed by atoms with Crippen molar-refractivity contribution in [2.75, 3.05) is 19.7 Å². The summed E-state index contributed by atoms with van der Waals surface area (Å²) in [6.07, 6.45) is 5.43. The number of β-amino-alcohol motifs (C(OH)–C–C–N with tert-alkyl or cyclic N) is 1. The molecule has 0 bridgehead atoms. The lowest BCUT2D eigenvalue weighted by Gasteiger charge is -2.38. The van der Waals surface area contributed by atoms with E-state index in [9.17, 15) is 0 Å². The molecule has 84 valence electrons. The summed E-state index contributed by atoms with van der Waals surface area (Å²) in [5.41, 5.74) is 0.542. The molecule has 2 heteroatoms. The summed E-state index contributed by atoms with van der Waals surface area (Å²) in [5.74, 6) is 0.905. The van der Waals surface area contributed by atoms with E-state index in [0.29, 0.717) is 12.1 Å². The fourth-order valence-electron chi connectivity index (χ4n) is 2.63. The number of nitrogens with zero attached hydrogens (tertiary/aromatic N) is 1. The van der Waals surface area contributed by atoms with E-state index in [1.54, 1.807) is 0 Å². The molecule has 1 aliphatic heterocycles. The summed E-state index contributed by atoms with van der Waals surface area (Å²) in [6.45, 7) is 8.79.